The lowest BCUT2D eigenvalue weighted by atomic mass is 9.88. The second-order valence-corrected chi connectivity index (χ2v) is 6.15. The Morgan fingerprint density at radius 3 is 2.85 bits per heavy atom. The van der Waals surface area contributed by atoms with Gasteiger partial charge >= 0.3 is 0 Å². The van der Waals surface area contributed by atoms with Crippen molar-refractivity contribution in [3.05, 3.63) is 0 Å². The molecule has 0 bridgehead atoms. The zero-order valence-corrected chi connectivity index (χ0v) is 9.28. The smallest absolute Gasteiger partial charge is 0.0763 e. The summed E-state index contributed by atoms with van der Waals surface area (Å²) in [6.07, 6.45) is 7.38. The van der Waals surface area contributed by atoms with E-state index < -0.39 is 0 Å². The highest BCUT2D eigenvalue weighted by atomic mass is 32.2. The lowest BCUT2D eigenvalue weighted by Crippen LogP contribution is -2.41. The van der Waals surface area contributed by atoms with Gasteiger partial charge in [-0.15, -0.1) is 0 Å². The summed E-state index contributed by atoms with van der Waals surface area (Å²) in [5.41, 5.74) is -0.328. The summed E-state index contributed by atoms with van der Waals surface area (Å²) < 4.78 is 0. The van der Waals surface area contributed by atoms with Crippen molar-refractivity contribution >= 4 is 11.8 Å². The summed E-state index contributed by atoms with van der Waals surface area (Å²) in [5.74, 6) is 2.20. The van der Waals surface area contributed by atoms with Crippen LogP contribution in [0.1, 0.15) is 45.4 Å². The van der Waals surface area contributed by atoms with Gasteiger partial charge in [-0.2, -0.15) is 11.8 Å². The molecule has 1 heterocycles. The Morgan fingerprint density at radius 2 is 2.23 bits per heavy atom. The van der Waals surface area contributed by atoms with Crippen LogP contribution in [0.25, 0.3) is 0 Å². The molecule has 0 aromatic heterocycles. The standard InChI is InChI=1S/C11H20OS/c1-9-11(12,6-2-8-13-9)7-5-10-3-4-10/h9-10,12H,2-8H2,1H3. The summed E-state index contributed by atoms with van der Waals surface area (Å²) in [4.78, 5) is 0. The van der Waals surface area contributed by atoms with Crippen molar-refractivity contribution in [3.8, 4) is 0 Å². The van der Waals surface area contributed by atoms with Crippen molar-refractivity contribution in [2.75, 3.05) is 5.75 Å². The van der Waals surface area contributed by atoms with Crippen molar-refractivity contribution in [2.24, 2.45) is 5.92 Å². The summed E-state index contributed by atoms with van der Waals surface area (Å²) in [6.45, 7) is 2.19. The maximum absolute atomic E-state index is 10.4. The molecule has 2 rings (SSSR count). The average Bonchev–Trinajstić information content (AvgIpc) is 2.91. The van der Waals surface area contributed by atoms with Gasteiger partial charge in [0.25, 0.3) is 0 Å². The van der Waals surface area contributed by atoms with E-state index in [0.29, 0.717) is 5.25 Å². The van der Waals surface area contributed by atoms with Crippen LogP contribution in [0, 0.1) is 5.92 Å². The van der Waals surface area contributed by atoms with Gasteiger partial charge in [-0.25, -0.2) is 0 Å². The van der Waals surface area contributed by atoms with Crippen LogP contribution in [0.4, 0.5) is 0 Å². The van der Waals surface area contributed by atoms with Gasteiger partial charge in [0.15, 0.2) is 0 Å². The molecule has 1 saturated heterocycles. The third-order valence-electron chi connectivity index (χ3n) is 3.56. The fraction of sp³-hybridized carbons (Fsp3) is 1.00. The molecule has 2 fully saturated rings. The SMILES string of the molecule is CC1SCCCC1(O)CCC1CC1. The zero-order valence-electron chi connectivity index (χ0n) is 8.46. The Morgan fingerprint density at radius 1 is 1.46 bits per heavy atom. The van der Waals surface area contributed by atoms with Crippen molar-refractivity contribution in [2.45, 2.75) is 56.3 Å². The molecule has 76 valence electrons. The number of rotatable bonds is 3. The molecule has 13 heavy (non-hydrogen) atoms. The molecule has 0 radical (unpaired) electrons. The van der Waals surface area contributed by atoms with Crippen LogP contribution in [0.3, 0.4) is 0 Å². The summed E-state index contributed by atoms with van der Waals surface area (Å²) in [6, 6.07) is 0. The van der Waals surface area contributed by atoms with Gasteiger partial charge in [-0.3, -0.25) is 0 Å². The molecule has 0 aromatic rings. The number of hydrogen-bond donors (Lipinski definition) is 1. The van der Waals surface area contributed by atoms with Gasteiger partial charge < -0.3 is 5.11 Å². The quantitative estimate of drug-likeness (QED) is 0.756. The largest absolute Gasteiger partial charge is 0.389 e. The molecule has 0 spiro atoms. The van der Waals surface area contributed by atoms with E-state index in [1.54, 1.807) is 0 Å². The minimum atomic E-state index is -0.328. The van der Waals surface area contributed by atoms with Crippen LogP contribution in [0.15, 0.2) is 0 Å². The monoisotopic (exact) mass is 200 g/mol. The topological polar surface area (TPSA) is 20.2 Å². The Hall–Kier alpha value is 0.310. The first kappa shape index (κ1) is 9.85. The zero-order chi connectivity index (χ0) is 9.31. The Labute approximate surface area is 85.3 Å². The van der Waals surface area contributed by atoms with Crippen LogP contribution in [-0.2, 0) is 0 Å². The third kappa shape index (κ3) is 2.41. The van der Waals surface area contributed by atoms with E-state index in [9.17, 15) is 5.11 Å². The Kier molecular flexibility index (Phi) is 2.89. The van der Waals surface area contributed by atoms with Gasteiger partial charge in [0.2, 0.25) is 0 Å². The third-order valence-corrected chi connectivity index (χ3v) is 5.02. The van der Waals surface area contributed by atoms with Crippen LogP contribution in [0.2, 0.25) is 0 Å². The minimum absolute atomic E-state index is 0.328. The van der Waals surface area contributed by atoms with E-state index in [1.807, 2.05) is 11.8 Å². The maximum Gasteiger partial charge on any atom is 0.0763 e. The van der Waals surface area contributed by atoms with Gasteiger partial charge in [0.1, 0.15) is 0 Å². The molecule has 2 unspecified atom stereocenters. The highest BCUT2D eigenvalue weighted by Crippen LogP contribution is 2.41. The van der Waals surface area contributed by atoms with Crippen molar-refractivity contribution in [1.82, 2.24) is 0 Å². The highest BCUT2D eigenvalue weighted by molar-refractivity contribution is 8.00. The summed E-state index contributed by atoms with van der Waals surface area (Å²) >= 11 is 1.95. The van der Waals surface area contributed by atoms with Gasteiger partial charge in [-0.1, -0.05) is 19.8 Å². The van der Waals surface area contributed by atoms with Crippen molar-refractivity contribution < 1.29 is 5.11 Å². The lowest BCUT2D eigenvalue weighted by Gasteiger charge is -2.37. The number of aliphatic hydroxyl groups is 1. The van der Waals surface area contributed by atoms with Crippen molar-refractivity contribution in [3.63, 3.8) is 0 Å². The van der Waals surface area contributed by atoms with Crippen molar-refractivity contribution in [1.29, 1.82) is 0 Å². The van der Waals surface area contributed by atoms with Gasteiger partial charge in [0.05, 0.1) is 5.60 Å². The molecule has 2 aliphatic rings. The van der Waals surface area contributed by atoms with E-state index in [2.05, 4.69) is 6.92 Å². The molecule has 1 aliphatic heterocycles. The van der Waals surface area contributed by atoms with E-state index in [4.69, 9.17) is 0 Å². The van der Waals surface area contributed by atoms with E-state index in [0.717, 1.165) is 18.8 Å². The summed E-state index contributed by atoms with van der Waals surface area (Å²) in [5, 5.41) is 10.9. The molecule has 0 aromatic carbocycles. The van der Waals surface area contributed by atoms with Crippen LogP contribution in [-0.4, -0.2) is 21.7 Å². The normalized spacial score (nSPS) is 40.6. The molecule has 2 heteroatoms. The van der Waals surface area contributed by atoms with Crippen LogP contribution in [0.5, 0.6) is 0 Å². The molecular weight excluding hydrogens is 180 g/mol. The average molecular weight is 200 g/mol. The van der Waals surface area contributed by atoms with Crippen LogP contribution < -0.4 is 0 Å². The predicted molar refractivity (Wildman–Crippen MR) is 58.1 cm³/mol. The lowest BCUT2D eigenvalue weighted by molar-refractivity contribution is 0.0177. The number of hydrogen-bond acceptors (Lipinski definition) is 2. The molecular formula is C11H20OS. The first-order chi connectivity index (χ1) is 6.21. The fourth-order valence-corrected chi connectivity index (χ4v) is 3.40. The summed E-state index contributed by atoms with van der Waals surface area (Å²) in [7, 11) is 0. The maximum atomic E-state index is 10.4. The molecule has 1 aliphatic carbocycles. The van der Waals surface area contributed by atoms with E-state index in [-0.39, 0.29) is 5.60 Å². The Bertz CT molecular complexity index is 179. The van der Waals surface area contributed by atoms with Gasteiger partial charge in [-0.05, 0) is 37.4 Å². The molecule has 1 saturated carbocycles. The molecule has 1 N–H and O–H groups in total. The van der Waals surface area contributed by atoms with E-state index >= 15 is 0 Å². The second-order valence-electron chi connectivity index (χ2n) is 4.70. The first-order valence-corrected chi connectivity index (χ1v) is 6.59. The Balaban J connectivity index is 1.83. The first-order valence-electron chi connectivity index (χ1n) is 5.55. The number of thioether (sulfide) groups is 1. The molecule has 2 atom stereocenters. The molecule has 1 nitrogen and oxygen atoms in total. The molecule has 0 amide bonds. The predicted octanol–water partition coefficient (Wildman–Crippen LogP) is 2.82. The van der Waals surface area contributed by atoms with Gasteiger partial charge in [0, 0.05) is 5.25 Å². The fourth-order valence-electron chi connectivity index (χ4n) is 2.19. The second kappa shape index (κ2) is 3.82. The minimum Gasteiger partial charge on any atom is -0.389 e. The van der Waals surface area contributed by atoms with Crippen LogP contribution >= 0.6 is 11.8 Å². The van der Waals surface area contributed by atoms with E-state index in [1.165, 1.54) is 31.4 Å². The highest BCUT2D eigenvalue weighted by Gasteiger charge is 2.37.